The molecule has 0 unspecified atom stereocenters. The molecule has 2 aromatic heterocycles. The molecule has 6 heteroatoms. The highest BCUT2D eigenvalue weighted by Crippen LogP contribution is 2.21. The maximum atomic E-state index is 10.8. The Kier molecular flexibility index (Phi) is 2.98. The second-order valence-electron chi connectivity index (χ2n) is 2.82. The minimum Gasteiger partial charge on any atom is -0.476 e. The number of anilines is 1. The average Bonchev–Trinajstić information content (AvgIpc) is 2.86. The second-order valence-corrected chi connectivity index (χ2v) is 4.46. The molecule has 0 radical (unpaired) electrons. The van der Waals surface area contributed by atoms with E-state index in [1.807, 2.05) is 16.8 Å². The van der Waals surface area contributed by atoms with Gasteiger partial charge in [0.15, 0.2) is 5.69 Å². The smallest absolute Gasteiger partial charge is 0.357 e. The van der Waals surface area contributed by atoms with Gasteiger partial charge in [0.05, 0.1) is 5.51 Å². The van der Waals surface area contributed by atoms with Crippen LogP contribution in [0.1, 0.15) is 16.1 Å². The first-order chi connectivity index (χ1) is 7.27. The lowest BCUT2D eigenvalue weighted by Gasteiger charge is -2.01. The normalized spacial score (nSPS) is 10.1. The first-order valence-corrected chi connectivity index (χ1v) is 6.01. The summed E-state index contributed by atoms with van der Waals surface area (Å²) in [6, 6.07) is 2.00. The van der Waals surface area contributed by atoms with Crippen molar-refractivity contribution >= 4 is 33.6 Å². The van der Waals surface area contributed by atoms with Crippen molar-refractivity contribution in [2.45, 2.75) is 6.54 Å². The molecule has 0 aromatic carbocycles. The van der Waals surface area contributed by atoms with Crippen molar-refractivity contribution in [3.8, 4) is 0 Å². The van der Waals surface area contributed by atoms with Crippen molar-refractivity contribution in [1.29, 1.82) is 0 Å². The van der Waals surface area contributed by atoms with Crippen LogP contribution >= 0.6 is 22.7 Å². The van der Waals surface area contributed by atoms with E-state index in [0.29, 0.717) is 11.5 Å². The fourth-order valence-electron chi connectivity index (χ4n) is 1.10. The third-order valence-electron chi connectivity index (χ3n) is 1.80. The molecule has 2 aromatic rings. The van der Waals surface area contributed by atoms with Crippen LogP contribution in [0.25, 0.3) is 0 Å². The van der Waals surface area contributed by atoms with Crippen LogP contribution in [-0.4, -0.2) is 16.1 Å². The number of thiazole rings is 1. The number of carboxylic acids is 1. The largest absolute Gasteiger partial charge is 0.476 e. The third kappa shape index (κ3) is 2.34. The quantitative estimate of drug-likeness (QED) is 0.862. The fourth-order valence-corrected chi connectivity index (χ4v) is 2.44. The zero-order valence-electron chi connectivity index (χ0n) is 7.64. The Morgan fingerprint density at radius 3 is 3.13 bits per heavy atom. The number of nitrogens with one attached hydrogen (secondary N) is 1. The number of thiophene rings is 1. The first kappa shape index (κ1) is 10.1. The maximum Gasteiger partial charge on any atom is 0.357 e. The SMILES string of the molecule is O=C(O)c1ncsc1NCc1ccsc1. The Morgan fingerprint density at radius 2 is 2.47 bits per heavy atom. The van der Waals surface area contributed by atoms with Gasteiger partial charge in [0.1, 0.15) is 5.00 Å². The van der Waals surface area contributed by atoms with Gasteiger partial charge in [-0.15, -0.1) is 11.3 Å². The topological polar surface area (TPSA) is 62.2 Å². The van der Waals surface area contributed by atoms with Crippen LogP contribution in [-0.2, 0) is 6.54 Å². The predicted octanol–water partition coefficient (Wildman–Crippen LogP) is 2.51. The van der Waals surface area contributed by atoms with Gasteiger partial charge in [-0.25, -0.2) is 9.78 Å². The number of nitrogens with zero attached hydrogens (tertiary/aromatic N) is 1. The van der Waals surface area contributed by atoms with Crippen LogP contribution in [0.3, 0.4) is 0 Å². The maximum absolute atomic E-state index is 10.8. The molecule has 2 N–H and O–H groups in total. The van der Waals surface area contributed by atoms with Gasteiger partial charge in [-0.05, 0) is 22.4 Å². The number of aromatic carboxylic acids is 1. The minimum atomic E-state index is -0.996. The highest BCUT2D eigenvalue weighted by Gasteiger charge is 2.12. The molecule has 0 aliphatic carbocycles. The molecule has 78 valence electrons. The van der Waals surface area contributed by atoms with Crippen LogP contribution in [0.4, 0.5) is 5.00 Å². The summed E-state index contributed by atoms with van der Waals surface area (Å²) in [5.74, 6) is -0.996. The summed E-state index contributed by atoms with van der Waals surface area (Å²) in [5.41, 5.74) is 2.76. The van der Waals surface area contributed by atoms with E-state index < -0.39 is 5.97 Å². The summed E-state index contributed by atoms with van der Waals surface area (Å²) in [4.78, 5) is 14.5. The van der Waals surface area contributed by atoms with Gasteiger partial charge in [0.2, 0.25) is 0 Å². The number of carboxylic acid groups (broad SMARTS) is 1. The molecule has 2 rings (SSSR count). The molecule has 0 bridgehead atoms. The van der Waals surface area contributed by atoms with E-state index in [0.717, 1.165) is 5.56 Å². The summed E-state index contributed by atoms with van der Waals surface area (Å²) in [6.45, 7) is 0.631. The molecule has 0 aliphatic rings. The van der Waals surface area contributed by atoms with Crippen molar-refractivity contribution in [1.82, 2.24) is 4.98 Å². The monoisotopic (exact) mass is 240 g/mol. The van der Waals surface area contributed by atoms with Gasteiger partial charge in [-0.3, -0.25) is 0 Å². The lowest BCUT2D eigenvalue weighted by Crippen LogP contribution is -2.04. The molecule has 0 atom stereocenters. The molecular formula is C9H8N2O2S2. The number of hydrogen-bond acceptors (Lipinski definition) is 5. The molecule has 0 aliphatic heterocycles. The molecule has 0 saturated carbocycles. The van der Waals surface area contributed by atoms with Gasteiger partial charge >= 0.3 is 5.97 Å². The van der Waals surface area contributed by atoms with E-state index in [9.17, 15) is 4.79 Å². The number of hydrogen-bond donors (Lipinski definition) is 2. The Labute approximate surface area is 94.2 Å². The number of rotatable bonds is 4. The zero-order chi connectivity index (χ0) is 10.7. The Hall–Kier alpha value is -1.40. The summed E-state index contributed by atoms with van der Waals surface area (Å²) < 4.78 is 0. The third-order valence-corrected chi connectivity index (χ3v) is 3.32. The second kappa shape index (κ2) is 4.41. The molecule has 0 saturated heterocycles. The van der Waals surface area contributed by atoms with Crippen molar-refractivity contribution in [3.05, 3.63) is 33.6 Å². The molecule has 0 spiro atoms. The molecule has 4 nitrogen and oxygen atoms in total. The zero-order valence-corrected chi connectivity index (χ0v) is 9.27. The molecular weight excluding hydrogens is 232 g/mol. The summed E-state index contributed by atoms with van der Waals surface area (Å²) in [6.07, 6.45) is 0. The molecule has 0 fully saturated rings. The molecule has 0 amide bonds. The van der Waals surface area contributed by atoms with Crippen molar-refractivity contribution < 1.29 is 9.90 Å². The highest BCUT2D eigenvalue weighted by atomic mass is 32.1. The van der Waals surface area contributed by atoms with E-state index in [-0.39, 0.29) is 5.69 Å². The van der Waals surface area contributed by atoms with Gasteiger partial charge in [0, 0.05) is 6.54 Å². The predicted molar refractivity (Wildman–Crippen MR) is 60.7 cm³/mol. The van der Waals surface area contributed by atoms with Gasteiger partial charge in [0.25, 0.3) is 0 Å². The number of aromatic nitrogens is 1. The number of carbonyl (C=O) groups is 1. The van der Waals surface area contributed by atoms with Crippen molar-refractivity contribution in [2.75, 3.05) is 5.32 Å². The van der Waals surface area contributed by atoms with Crippen molar-refractivity contribution in [3.63, 3.8) is 0 Å². The van der Waals surface area contributed by atoms with E-state index in [1.54, 1.807) is 11.3 Å². The van der Waals surface area contributed by atoms with Gasteiger partial charge in [-0.1, -0.05) is 0 Å². The van der Waals surface area contributed by atoms with Crippen LogP contribution in [0, 0.1) is 0 Å². The fraction of sp³-hybridized carbons (Fsp3) is 0.111. The van der Waals surface area contributed by atoms with Crippen LogP contribution in [0.5, 0.6) is 0 Å². The lowest BCUT2D eigenvalue weighted by atomic mass is 10.3. The van der Waals surface area contributed by atoms with Gasteiger partial charge in [-0.2, -0.15) is 11.3 Å². The lowest BCUT2D eigenvalue weighted by molar-refractivity contribution is 0.0692. The van der Waals surface area contributed by atoms with Crippen LogP contribution in [0.2, 0.25) is 0 Å². The first-order valence-electron chi connectivity index (χ1n) is 4.19. The Morgan fingerprint density at radius 1 is 1.60 bits per heavy atom. The van der Waals surface area contributed by atoms with Crippen LogP contribution in [0.15, 0.2) is 22.3 Å². The van der Waals surface area contributed by atoms with Crippen LogP contribution < -0.4 is 5.32 Å². The average molecular weight is 240 g/mol. The molecule has 2 heterocycles. The van der Waals surface area contributed by atoms with E-state index in [2.05, 4.69) is 10.3 Å². The Bertz CT molecular complexity index is 450. The summed E-state index contributed by atoms with van der Waals surface area (Å²) in [7, 11) is 0. The van der Waals surface area contributed by atoms with E-state index >= 15 is 0 Å². The standard InChI is InChI=1S/C9H8N2O2S2/c12-9(13)7-8(15-5-11-7)10-3-6-1-2-14-4-6/h1-2,4-5,10H,3H2,(H,12,13). The van der Waals surface area contributed by atoms with Crippen molar-refractivity contribution in [2.24, 2.45) is 0 Å². The summed E-state index contributed by atoms with van der Waals surface area (Å²) in [5, 5.41) is 16.5. The highest BCUT2D eigenvalue weighted by molar-refractivity contribution is 7.14. The Balaban J connectivity index is 2.05. The van der Waals surface area contributed by atoms with E-state index in [4.69, 9.17) is 5.11 Å². The van der Waals surface area contributed by atoms with E-state index in [1.165, 1.54) is 16.8 Å². The van der Waals surface area contributed by atoms with Gasteiger partial charge < -0.3 is 10.4 Å². The molecule has 15 heavy (non-hydrogen) atoms. The minimum absolute atomic E-state index is 0.0928. The summed E-state index contributed by atoms with van der Waals surface area (Å²) >= 11 is 2.92.